The van der Waals surface area contributed by atoms with Gasteiger partial charge in [-0.05, 0) is 50.5 Å². The summed E-state index contributed by atoms with van der Waals surface area (Å²) in [5.41, 5.74) is 2.86. The zero-order valence-electron chi connectivity index (χ0n) is 12.0. The van der Waals surface area contributed by atoms with E-state index in [1.165, 1.54) is 0 Å². The van der Waals surface area contributed by atoms with E-state index in [0.29, 0.717) is 12.5 Å². The number of hydrogen-bond donors (Lipinski definition) is 1. The Morgan fingerprint density at radius 1 is 1.40 bits per heavy atom. The maximum atomic E-state index is 12.0. The number of nitrogens with one attached hydrogen (secondary N) is 1. The number of benzene rings is 1. The first-order valence-corrected chi connectivity index (χ1v) is 7.27. The summed E-state index contributed by atoms with van der Waals surface area (Å²) in [5.74, 6) is 0.307. The second-order valence-corrected chi connectivity index (χ2v) is 5.85. The van der Waals surface area contributed by atoms with Crippen molar-refractivity contribution in [1.29, 1.82) is 0 Å². The smallest absolute Gasteiger partial charge is 0.223 e. The minimum atomic E-state index is 0.0675. The predicted molar refractivity (Wildman–Crippen MR) is 77.8 cm³/mol. The molecule has 1 saturated heterocycles. The van der Waals surface area contributed by atoms with Crippen LogP contribution in [0.25, 0.3) is 0 Å². The fourth-order valence-electron chi connectivity index (χ4n) is 3.27. The van der Waals surface area contributed by atoms with Gasteiger partial charge in [0.2, 0.25) is 5.91 Å². The van der Waals surface area contributed by atoms with Crippen LogP contribution in [0.15, 0.2) is 18.2 Å². The lowest BCUT2D eigenvalue weighted by molar-refractivity contribution is -0.130. The third-order valence-electron chi connectivity index (χ3n) is 4.28. The number of anilines is 1. The molecule has 4 nitrogen and oxygen atoms in total. The van der Waals surface area contributed by atoms with Gasteiger partial charge in [-0.1, -0.05) is 0 Å². The van der Waals surface area contributed by atoms with Gasteiger partial charge in [-0.25, -0.2) is 0 Å². The predicted octanol–water partition coefficient (Wildman–Crippen LogP) is 2.76. The Morgan fingerprint density at radius 2 is 2.20 bits per heavy atom. The van der Waals surface area contributed by atoms with Crippen LogP contribution in [0.2, 0.25) is 0 Å². The molecule has 1 amide bonds. The molecule has 0 aromatic heterocycles. The standard InChI is InChI=1S/C16H20N2O2/c1-10-8-15(18-7-3-4-16(18)20)13-9-12(11(2)19)5-6-14(13)17-10/h5-6,9-10,15,17H,3-4,7-8H2,1-2H3/t10-,15+/m1/s1. The molecule has 1 N–H and O–H groups in total. The molecule has 0 aliphatic carbocycles. The van der Waals surface area contributed by atoms with Gasteiger partial charge in [-0.2, -0.15) is 0 Å². The molecule has 106 valence electrons. The molecule has 0 spiro atoms. The molecule has 2 aliphatic rings. The Kier molecular flexibility index (Phi) is 3.24. The van der Waals surface area contributed by atoms with Crippen molar-refractivity contribution in [2.24, 2.45) is 0 Å². The van der Waals surface area contributed by atoms with Crippen LogP contribution in [0.5, 0.6) is 0 Å². The van der Waals surface area contributed by atoms with Gasteiger partial charge in [0.1, 0.15) is 0 Å². The summed E-state index contributed by atoms with van der Waals surface area (Å²) in [5, 5.41) is 3.44. The lowest BCUT2D eigenvalue weighted by Crippen LogP contribution is -2.37. The van der Waals surface area contributed by atoms with E-state index in [9.17, 15) is 9.59 Å². The molecule has 2 heterocycles. The molecule has 3 rings (SSSR count). The average Bonchev–Trinajstić information content (AvgIpc) is 2.83. The van der Waals surface area contributed by atoms with Crippen LogP contribution in [0, 0.1) is 0 Å². The highest BCUT2D eigenvalue weighted by Crippen LogP contribution is 2.39. The molecule has 0 saturated carbocycles. The number of carbonyl (C=O) groups excluding carboxylic acids is 2. The first-order valence-electron chi connectivity index (χ1n) is 7.27. The van der Waals surface area contributed by atoms with E-state index >= 15 is 0 Å². The highest BCUT2D eigenvalue weighted by Gasteiger charge is 2.34. The van der Waals surface area contributed by atoms with Gasteiger partial charge in [0.15, 0.2) is 5.78 Å². The van der Waals surface area contributed by atoms with E-state index in [2.05, 4.69) is 12.2 Å². The first kappa shape index (κ1) is 13.2. The molecule has 1 aromatic carbocycles. The van der Waals surface area contributed by atoms with E-state index in [1.54, 1.807) is 6.92 Å². The van der Waals surface area contributed by atoms with E-state index in [1.807, 2.05) is 23.1 Å². The van der Waals surface area contributed by atoms with Crippen molar-refractivity contribution in [3.8, 4) is 0 Å². The van der Waals surface area contributed by atoms with Gasteiger partial charge in [0, 0.05) is 30.3 Å². The van der Waals surface area contributed by atoms with Gasteiger partial charge >= 0.3 is 0 Å². The molecule has 4 heteroatoms. The number of hydrogen-bond acceptors (Lipinski definition) is 3. The number of likely N-dealkylation sites (tertiary alicyclic amines) is 1. The molecular weight excluding hydrogens is 252 g/mol. The van der Waals surface area contributed by atoms with Crippen LogP contribution < -0.4 is 5.32 Å². The summed E-state index contributed by atoms with van der Waals surface area (Å²) < 4.78 is 0. The van der Waals surface area contributed by atoms with Crippen molar-refractivity contribution in [1.82, 2.24) is 4.90 Å². The number of fused-ring (bicyclic) bond motifs is 1. The lowest BCUT2D eigenvalue weighted by Gasteiger charge is -2.37. The summed E-state index contributed by atoms with van der Waals surface area (Å²) in [6.07, 6.45) is 2.50. The Hall–Kier alpha value is -1.84. The van der Waals surface area contributed by atoms with E-state index in [4.69, 9.17) is 0 Å². The van der Waals surface area contributed by atoms with E-state index in [0.717, 1.165) is 36.2 Å². The topological polar surface area (TPSA) is 49.4 Å². The first-order chi connectivity index (χ1) is 9.56. The summed E-state index contributed by atoms with van der Waals surface area (Å²) in [4.78, 5) is 25.6. The fourth-order valence-corrected chi connectivity index (χ4v) is 3.27. The Bertz CT molecular complexity index is 568. The monoisotopic (exact) mass is 272 g/mol. The Morgan fingerprint density at radius 3 is 2.85 bits per heavy atom. The van der Waals surface area contributed by atoms with Crippen LogP contribution in [-0.4, -0.2) is 29.2 Å². The number of amides is 1. The molecule has 0 radical (unpaired) electrons. The van der Waals surface area contributed by atoms with Gasteiger partial charge < -0.3 is 10.2 Å². The summed E-state index contributed by atoms with van der Waals surface area (Å²) >= 11 is 0. The third-order valence-corrected chi connectivity index (χ3v) is 4.28. The summed E-state index contributed by atoms with van der Waals surface area (Å²) in [6, 6.07) is 6.22. The van der Waals surface area contributed by atoms with E-state index < -0.39 is 0 Å². The zero-order chi connectivity index (χ0) is 14.3. The third kappa shape index (κ3) is 2.19. The minimum absolute atomic E-state index is 0.0675. The zero-order valence-corrected chi connectivity index (χ0v) is 12.0. The second kappa shape index (κ2) is 4.93. The van der Waals surface area contributed by atoms with Crippen LogP contribution in [-0.2, 0) is 4.79 Å². The number of Topliss-reactive ketones (excluding diaryl/α,β-unsaturated/α-hetero) is 1. The number of nitrogens with zero attached hydrogens (tertiary/aromatic N) is 1. The van der Waals surface area contributed by atoms with Crippen LogP contribution in [0.3, 0.4) is 0 Å². The highest BCUT2D eigenvalue weighted by atomic mass is 16.2. The maximum Gasteiger partial charge on any atom is 0.223 e. The maximum absolute atomic E-state index is 12.0. The summed E-state index contributed by atoms with van der Waals surface area (Å²) in [6.45, 7) is 4.55. The number of ketones is 1. The largest absolute Gasteiger partial charge is 0.382 e. The van der Waals surface area contributed by atoms with Crippen molar-refractivity contribution < 1.29 is 9.59 Å². The van der Waals surface area contributed by atoms with Gasteiger partial charge in [0.25, 0.3) is 0 Å². The van der Waals surface area contributed by atoms with Crippen molar-refractivity contribution in [2.75, 3.05) is 11.9 Å². The molecule has 1 fully saturated rings. The molecule has 2 aliphatic heterocycles. The minimum Gasteiger partial charge on any atom is -0.382 e. The Balaban J connectivity index is 2.02. The normalized spacial score (nSPS) is 25.3. The van der Waals surface area contributed by atoms with Gasteiger partial charge in [-0.15, -0.1) is 0 Å². The highest BCUT2D eigenvalue weighted by molar-refractivity contribution is 5.95. The number of rotatable bonds is 2. The molecule has 1 aromatic rings. The quantitative estimate of drug-likeness (QED) is 0.842. The average molecular weight is 272 g/mol. The van der Waals surface area contributed by atoms with Crippen molar-refractivity contribution in [3.63, 3.8) is 0 Å². The van der Waals surface area contributed by atoms with Crippen LogP contribution in [0.1, 0.15) is 55.1 Å². The van der Waals surface area contributed by atoms with Crippen molar-refractivity contribution >= 4 is 17.4 Å². The molecule has 2 atom stereocenters. The Labute approximate surface area is 119 Å². The summed E-state index contributed by atoms with van der Waals surface area (Å²) in [7, 11) is 0. The van der Waals surface area contributed by atoms with Crippen LogP contribution in [0.4, 0.5) is 5.69 Å². The number of carbonyl (C=O) groups is 2. The molecule has 0 unspecified atom stereocenters. The van der Waals surface area contributed by atoms with Gasteiger partial charge in [0.05, 0.1) is 6.04 Å². The fraction of sp³-hybridized carbons (Fsp3) is 0.500. The SMILES string of the molecule is CC(=O)c1ccc2c(c1)[C@@H](N1CCCC1=O)C[C@@H](C)N2. The lowest BCUT2D eigenvalue weighted by atomic mass is 9.90. The van der Waals surface area contributed by atoms with Crippen molar-refractivity contribution in [2.45, 2.75) is 45.2 Å². The molecule has 20 heavy (non-hydrogen) atoms. The van der Waals surface area contributed by atoms with Crippen LogP contribution >= 0.6 is 0 Å². The second-order valence-electron chi connectivity index (χ2n) is 5.85. The van der Waals surface area contributed by atoms with Crippen molar-refractivity contribution in [3.05, 3.63) is 29.3 Å². The van der Waals surface area contributed by atoms with Gasteiger partial charge in [-0.3, -0.25) is 9.59 Å². The molecular formula is C16H20N2O2. The van der Waals surface area contributed by atoms with E-state index in [-0.39, 0.29) is 17.7 Å². The molecule has 0 bridgehead atoms.